The number of rotatable bonds is 8. The molecule has 0 aromatic heterocycles. The number of ether oxygens (including phenoxy) is 1. The van der Waals surface area contributed by atoms with Crippen LogP contribution in [0.4, 0.5) is 0 Å². The van der Waals surface area contributed by atoms with E-state index in [4.69, 9.17) is 4.74 Å². The molecule has 2 atom stereocenters. The second kappa shape index (κ2) is 10.5. The lowest BCUT2D eigenvalue weighted by atomic mass is 9.82. The lowest BCUT2D eigenvalue weighted by molar-refractivity contribution is -0.122. The van der Waals surface area contributed by atoms with Crippen LogP contribution in [0.3, 0.4) is 0 Å². The van der Waals surface area contributed by atoms with E-state index in [1.54, 1.807) is 7.11 Å². The number of nitrogens with one attached hydrogen (secondary N) is 2. The molecular formula is C18H35ClN2O2. The maximum atomic E-state index is 12.3. The van der Waals surface area contributed by atoms with Crippen molar-refractivity contribution in [3.05, 3.63) is 0 Å². The lowest BCUT2D eigenvalue weighted by Gasteiger charge is -2.30. The molecule has 2 N–H and O–H groups in total. The molecule has 4 nitrogen and oxygen atoms in total. The quantitative estimate of drug-likeness (QED) is 0.709. The van der Waals surface area contributed by atoms with Gasteiger partial charge in [-0.2, -0.15) is 0 Å². The molecule has 5 heteroatoms. The standard InChI is InChI=1S/C18H34N2O2.ClH/c1-15(16-6-5-10-19-13-16)12-17(21)20-14-18(9-11-22-2)7-3-4-8-18;/h15-16,19H,3-14H2,1-2H3,(H,20,21);1H. The normalized spacial score (nSPS) is 24.7. The van der Waals surface area contributed by atoms with Crippen molar-refractivity contribution >= 4 is 18.3 Å². The van der Waals surface area contributed by atoms with Crippen molar-refractivity contribution in [2.24, 2.45) is 17.3 Å². The van der Waals surface area contributed by atoms with Crippen LogP contribution in [0.15, 0.2) is 0 Å². The monoisotopic (exact) mass is 346 g/mol. The molecule has 2 unspecified atom stereocenters. The van der Waals surface area contributed by atoms with Crippen LogP contribution in [0, 0.1) is 17.3 Å². The molecule has 1 aliphatic heterocycles. The van der Waals surface area contributed by atoms with Crippen molar-refractivity contribution in [3.63, 3.8) is 0 Å². The molecule has 0 radical (unpaired) electrons. The van der Waals surface area contributed by atoms with Gasteiger partial charge < -0.3 is 15.4 Å². The zero-order valence-corrected chi connectivity index (χ0v) is 15.7. The van der Waals surface area contributed by atoms with Gasteiger partial charge in [-0.25, -0.2) is 0 Å². The van der Waals surface area contributed by atoms with E-state index in [-0.39, 0.29) is 18.3 Å². The summed E-state index contributed by atoms with van der Waals surface area (Å²) in [6.07, 6.45) is 9.32. The molecule has 1 heterocycles. The topological polar surface area (TPSA) is 50.4 Å². The number of piperidine rings is 1. The Morgan fingerprint density at radius 2 is 2.09 bits per heavy atom. The molecule has 1 saturated heterocycles. The number of methoxy groups -OCH3 is 1. The number of carbonyl (C=O) groups excluding carboxylic acids is 1. The van der Waals surface area contributed by atoms with Crippen molar-refractivity contribution in [3.8, 4) is 0 Å². The van der Waals surface area contributed by atoms with Crippen LogP contribution in [0.2, 0.25) is 0 Å². The third-order valence-electron chi connectivity index (χ3n) is 5.81. The molecule has 2 fully saturated rings. The highest BCUT2D eigenvalue weighted by Gasteiger charge is 2.34. The molecule has 1 aliphatic carbocycles. The van der Waals surface area contributed by atoms with E-state index in [1.165, 1.54) is 38.5 Å². The molecule has 136 valence electrons. The van der Waals surface area contributed by atoms with Crippen LogP contribution >= 0.6 is 12.4 Å². The number of hydrogen-bond donors (Lipinski definition) is 2. The zero-order valence-electron chi connectivity index (χ0n) is 14.9. The van der Waals surface area contributed by atoms with Crippen molar-refractivity contribution in [2.75, 3.05) is 33.4 Å². The maximum Gasteiger partial charge on any atom is 0.220 e. The predicted octanol–water partition coefficient (Wildman–Crippen LogP) is 3.15. The van der Waals surface area contributed by atoms with Gasteiger partial charge in [-0.1, -0.05) is 19.8 Å². The van der Waals surface area contributed by atoms with Crippen LogP contribution in [0.1, 0.15) is 58.3 Å². The summed E-state index contributed by atoms with van der Waals surface area (Å²) < 4.78 is 5.26. The molecule has 0 aromatic rings. The highest BCUT2D eigenvalue weighted by Crippen LogP contribution is 2.40. The van der Waals surface area contributed by atoms with E-state index >= 15 is 0 Å². The van der Waals surface area contributed by atoms with Crippen LogP contribution < -0.4 is 10.6 Å². The van der Waals surface area contributed by atoms with E-state index < -0.39 is 0 Å². The lowest BCUT2D eigenvalue weighted by Crippen LogP contribution is -2.39. The Bertz CT molecular complexity index is 340. The number of halogens is 1. The van der Waals surface area contributed by atoms with Gasteiger partial charge in [0.25, 0.3) is 0 Å². The maximum absolute atomic E-state index is 12.3. The van der Waals surface area contributed by atoms with E-state index in [2.05, 4.69) is 17.6 Å². The van der Waals surface area contributed by atoms with Gasteiger partial charge in [0, 0.05) is 26.7 Å². The third kappa shape index (κ3) is 6.60. The minimum absolute atomic E-state index is 0. The van der Waals surface area contributed by atoms with Crippen molar-refractivity contribution < 1.29 is 9.53 Å². The Labute approximate surface area is 147 Å². The number of carbonyl (C=O) groups is 1. The average molecular weight is 347 g/mol. The highest BCUT2D eigenvalue weighted by molar-refractivity contribution is 5.85. The van der Waals surface area contributed by atoms with Crippen molar-refractivity contribution in [1.29, 1.82) is 0 Å². The Kier molecular flexibility index (Phi) is 9.48. The Morgan fingerprint density at radius 1 is 1.35 bits per heavy atom. The molecular weight excluding hydrogens is 312 g/mol. The molecule has 0 bridgehead atoms. The first-order valence-electron chi connectivity index (χ1n) is 9.11. The second-order valence-electron chi connectivity index (χ2n) is 7.51. The predicted molar refractivity (Wildman–Crippen MR) is 97.0 cm³/mol. The van der Waals surface area contributed by atoms with Crippen molar-refractivity contribution in [1.82, 2.24) is 10.6 Å². The minimum atomic E-state index is 0. The molecule has 0 aromatic carbocycles. The largest absolute Gasteiger partial charge is 0.385 e. The molecule has 1 amide bonds. The highest BCUT2D eigenvalue weighted by atomic mass is 35.5. The summed E-state index contributed by atoms with van der Waals surface area (Å²) in [6.45, 7) is 6.09. The number of amides is 1. The van der Waals surface area contributed by atoms with Gasteiger partial charge in [0.2, 0.25) is 5.91 Å². The molecule has 23 heavy (non-hydrogen) atoms. The van der Waals surface area contributed by atoms with Gasteiger partial charge in [0.15, 0.2) is 0 Å². The van der Waals surface area contributed by atoms with Gasteiger partial charge in [-0.05, 0) is 62.4 Å². The van der Waals surface area contributed by atoms with E-state index in [0.717, 1.165) is 32.7 Å². The fourth-order valence-electron chi connectivity index (χ4n) is 4.14. The van der Waals surface area contributed by atoms with E-state index in [9.17, 15) is 4.79 Å². The van der Waals surface area contributed by atoms with Crippen LogP contribution in [0.5, 0.6) is 0 Å². The number of hydrogen-bond acceptors (Lipinski definition) is 3. The molecule has 2 aliphatic rings. The molecule has 0 spiro atoms. The molecule has 1 saturated carbocycles. The third-order valence-corrected chi connectivity index (χ3v) is 5.81. The smallest absolute Gasteiger partial charge is 0.220 e. The summed E-state index contributed by atoms with van der Waals surface area (Å²) in [5.41, 5.74) is 0.293. The second-order valence-corrected chi connectivity index (χ2v) is 7.51. The van der Waals surface area contributed by atoms with Gasteiger partial charge in [-0.3, -0.25) is 4.79 Å². The summed E-state index contributed by atoms with van der Waals surface area (Å²) in [5.74, 6) is 1.38. The Balaban J connectivity index is 0.00000264. The van der Waals surface area contributed by atoms with Crippen LogP contribution in [-0.4, -0.2) is 39.3 Å². The first-order chi connectivity index (χ1) is 10.7. The fourth-order valence-corrected chi connectivity index (χ4v) is 4.14. The Hall–Kier alpha value is -0.320. The zero-order chi connectivity index (χ0) is 15.8. The first-order valence-corrected chi connectivity index (χ1v) is 9.11. The minimum Gasteiger partial charge on any atom is -0.385 e. The summed E-state index contributed by atoms with van der Waals surface area (Å²) in [4.78, 5) is 12.3. The summed E-state index contributed by atoms with van der Waals surface area (Å²) >= 11 is 0. The van der Waals surface area contributed by atoms with Crippen LogP contribution in [-0.2, 0) is 9.53 Å². The summed E-state index contributed by atoms with van der Waals surface area (Å²) in [6, 6.07) is 0. The van der Waals surface area contributed by atoms with Crippen LogP contribution in [0.25, 0.3) is 0 Å². The average Bonchev–Trinajstić information content (AvgIpc) is 3.01. The van der Waals surface area contributed by atoms with Crippen molar-refractivity contribution in [2.45, 2.75) is 58.3 Å². The van der Waals surface area contributed by atoms with Gasteiger partial charge in [0.05, 0.1) is 0 Å². The van der Waals surface area contributed by atoms with Gasteiger partial charge in [0.1, 0.15) is 0 Å². The first kappa shape index (κ1) is 20.7. The fraction of sp³-hybridized carbons (Fsp3) is 0.944. The van der Waals surface area contributed by atoms with Gasteiger partial charge in [-0.15, -0.1) is 12.4 Å². The van der Waals surface area contributed by atoms with E-state index in [0.29, 0.717) is 23.7 Å². The Morgan fingerprint density at radius 3 is 2.70 bits per heavy atom. The summed E-state index contributed by atoms with van der Waals surface area (Å²) in [5, 5.41) is 6.68. The SMILES string of the molecule is COCCC1(CNC(=O)CC(C)C2CCCNC2)CCCC1.Cl. The van der Waals surface area contributed by atoms with Gasteiger partial charge >= 0.3 is 0 Å². The summed E-state index contributed by atoms with van der Waals surface area (Å²) in [7, 11) is 1.77. The molecule has 2 rings (SSSR count). The van der Waals surface area contributed by atoms with E-state index in [1.807, 2.05) is 0 Å².